The lowest BCUT2D eigenvalue weighted by Gasteiger charge is -2.07. The van der Waals surface area contributed by atoms with Crippen molar-refractivity contribution in [3.63, 3.8) is 0 Å². The van der Waals surface area contributed by atoms with E-state index in [0.717, 1.165) is 9.77 Å². The molecule has 6 heteroatoms. The summed E-state index contributed by atoms with van der Waals surface area (Å²) < 4.78 is 19.3. The van der Waals surface area contributed by atoms with Crippen LogP contribution >= 0.6 is 23.1 Å². The topological polar surface area (TPSA) is 48.1 Å². The molecule has 0 spiro atoms. The third-order valence-electron chi connectivity index (χ3n) is 2.11. The minimum atomic E-state index is -0.259. The van der Waals surface area contributed by atoms with Crippen LogP contribution in [0.15, 0.2) is 28.6 Å². The molecule has 1 heterocycles. The van der Waals surface area contributed by atoms with Gasteiger partial charge in [-0.25, -0.2) is 9.37 Å². The van der Waals surface area contributed by atoms with Crippen LogP contribution in [-0.2, 0) is 5.75 Å². The first-order chi connectivity index (χ1) is 8.19. The molecule has 2 N–H and O–H groups in total. The minimum Gasteiger partial charge on any atom is -0.496 e. The first-order valence-electron chi connectivity index (χ1n) is 4.85. The Morgan fingerprint density at radius 1 is 1.53 bits per heavy atom. The zero-order valence-corrected chi connectivity index (χ0v) is 10.8. The Bertz CT molecular complexity index is 516. The Labute approximate surface area is 107 Å². The number of thiazole rings is 1. The average Bonchev–Trinajstić information content (AvgIpc) is 2.73. The van der Waals surface area contributed by atoms with Gasteiger partial charge in [0.1, 0.15) is 11.6 Å². The van der Waals surface area contributed by atoms with E-state index in [1.165, 1.54) is 23.5 Å². The van der Waals surface area contributed by atoms with Crippen LogP contribution in [0.2, 0.25) is 0 Å². The fourth-order valence-corrected chi connectivity index (χ4v) is 3.08. The number of hydrogen-bond acceptors (Lipinski definition) is 5. The number of ether oxygens (including phenoxy) is 1. The highest BCUT2D eigenvalue weighted by Crippen LogP contribution is 2.32. The summed E-state index contributed by atoms with van der Waals surface area (Å²) in [4.78, 5) is 3.96. The van der Waals surface area contributed by atoms with E-state index in [1.54, 1.807) is 31.1 Å². The second kappa shape index (κ2) is 5.37. The Balaban J connectivity index is 2.10. The summed E-state index contributed by atoms with van der Waals surface area (Å²) >= 11 is 2.98. The summed E-state index contributed by atoms with van der Waals surface area (Å²) in [6, 6.07) is 4.50. The second-order valence-corrected chi connectivity index (χ2v) is 5.60. The van der Waals surface area contributed by atoms with Crippen molar-refractivity contribution in [3.05, 3.63) is 35.8 Å². The minimum absolute atomic E-state index is 0.259. The molecule has 0 aliphatic rings. The number of nitrogen functional groups attached to an aromatic ring is 1. The molecule has 0 saturated carbocycles. The van der Waals surface area contributed by atoms with Crippen molar-refractivity contribution in [2.45, 2.75) is 9.96 Å². The predicted molar refractivity (Wildman–Crippen MR) is 69.0 cm³/mol. The molecule has 3 nitrogen and oxygen atoms in total. The Kier molecular flexibility index (Phi) is 3.86. The van der Waals surface area contributed by atoms with E-state index < -0.39 is 0 Å². The number of aromatic nitrogens is 1. The molecule has 0 saturated heterocycles. The fraction of sp³-hybridized carbons (Fsp3) is 0.182. The van der Waals surface area contributed by atoms with E-state index in [2.05, 4.69) is 4.98 Å². The number of methoxy groups -OCH3 is 1. The van der Waals surface area contributed by atoms with Crippen molar-refractivity contribution in [3.8, 4) is 5.75 Å². The average molecular weight is 270 g/mol. The lowest BCUT2D eigenvalue weighted by Crippen LogP contribution is -1.91. The quantitative estimate of drug-likeness (QED) is 0.867. The van der Waals surface area contributed by atoms with Crippen LogP contribution in [0.1, 0.15) is 5.56 Å². The van der Waals surface area contributed by atoms with Gasteiger partial charge < -0.3 is 10.5 Å². The monoisotopic (exact) mass is 270 g/mol. The van der Waals surface area contributed by atoms with Crippen LogP contribution < -0.4 is 10.5 Å². The molecule has 0 atom stereocenters. The number of halogens is 1. The van der Waals surface area contributed by atoms with Crippen molar-refractivity contribution in [2.75, 3.05) is 12.8 Å². The van der Waals surface area contributed by atoms with Crippen LogP contribution in [0, 0.1) is 5.82 Å². The predicted octanol–water partition coefficient (Wildman–Crippen LogP) is 3.17. The Hall–Kier alpha value is -1.27. The van der Waals surface area contributed by atoms with Crippen LogP contribution in [0.3, 0.4) is 0 Å². The normalized spacial score (nSPS) is 10.5. The van der Waals surface area contributed by atoms with Crippen molar-refractivity contribution in [1.82, 2.24) is 4.98 Å². The van der Waals surface area contributed by atoms with E-state index in [1.807, 2.05) is 0 Å². The Morgan fingerprint density at radius 3 is 3.00 bits per heavy atom. The molecule has 2 aromatic rings. The maximum Gasteiger partial charge on any atom is 0.181 e. The van der Waals surface area contributed by atoms with Gasteiger partial charge in [0.15, 0.2) is 5.13 Å². The van der Waals surface area contributed by atoms with Gasteiger partial charge in [-0.3, -0.25) is 0 Å². The van der Waals surface area contributed by atoms with E-state index >= 15 is 0 Å². The Morgan fingerprint density at radius 2 is 2.35 bits per heavy atom. The second-order valence-electron chi connectivity index (χ2n) is 3.26. The maximum absolute atomic E-state index is 13.1. The van der Waals surface area contributed by atoms with E-state index in [-0.39, 0.29) is 5.82 Å². The molecule has 90 valence electrons. The fourth-order valence-electron chi connectivity index (χ4n) is 1.35. The smallest absolute Gasteiger partial charge is 0.181 e. The van der Waals surface area contributed by atoms with Crippen LogP contribution in [0.25, 0.3) is 0 Å². The maximum atomic E-state index is 13.1. The lowest BCUT2D eigenvalue weighted by molar-refractivity contribution is 0.410. The molecular formula is C11H11FN2OS2. The molecule has 1 aromatic heterocycles. The third-order valence-corrected chi connectivity index (χ3v) is 4.18. The highest BCUT2D eigenvalue weighted by atomic mass is 32.2. The van der Waals surface area contributed by atoms with Gasteiger partial charge in [0.2, 0.25) is 0 Å². The molecule has 0 aliphatic heterocycles. The number of hydrogen-bond donors (Lipinski definition) is 1. The molecule has 2 rings (SSSR count). The highest BCUT2D eigenvalue weighted by molar-refractivity contribution is 8.00. The first-order valence-corrected chi connectivity index (χ1v) is 6.66. The number of nitrogens with zero attached hydrogens (tertiary/aromatic N) is 1. The molecule has 1 aromatic carbocycles. The summed E-state index contributed by atoms with van der Waals surface area (Å²) in [5.41, 5.74) is 6.36. The molecule has 0 amide bonds. The summed E-state index contributed by atoms with van der Waals surface area (Å²) in [6.45, 7) is 0. The van der Waals surface area contributed by atoms with Gasteiger partial charge in [0.05, 0.1) is 17.5 Å². The lowest BCUT2D eigenvalue weighted by atomic mass is 10.2. The highest BCUT2D eigenvalue weighted by Gasteiger charge is 2.06. The van der Waals surface area contributed by atoms with Crippen LogP contribution in [0.5, 0.6) is 5.75 Å². The molecule has 0 fully saturated rings. The van der Waals surface area contributed by atoms with Crippen molar-refractivity contribution in [1.29, 1.82) is 0 Å². The molecular weight excluding hydrogens is 259 g/mol. The summed E-state index contributed by atoms with van der Waals surface area (Å²) in [5.74, 6) is 1.06. The number of nitrogens with two attached hydrogens (primary N) is 1. The zero-order valence-electron chi connectivity index (χ0n) is 9.14. The van der Waals surface area contributed by atoms with E-state index in [4.69, 9.17) is 10.5 Å². The van der Waals surface area contributed by atoms with Crippen molar-refractivity contribution in [2.24, 2.45) is 0 Å². The van der Waals surface area contributed by atoms with Gasteiger partial charge >= 0.3 is 0 Å². The zero-order chi connectivity index (χ0) is 12.3. The number of thioether (sulfide) groups is 1. The standard InChI is InChI=1S/C11H11FN2OS2/c1-15-9-3-2-8(12)4-7(9)6-16-10-5-14-11(13)17-10/h2-5H,6H2,1H3,(H2,13,14). The van der Waals surface area contributed by atoms with Gasteiger partial charge in [-0.05, 0) is 18.2 Å². The van der Waals surface area contributed by atoms with Gasteiger partial charge in [-0.1, -0.05) is 11.3 Å². The molecule has 0 bridgehead atoms. The van der Waals surface area contributed by atoms with Gasteiger partial charge in [-0.15, -0.1) is 11.8 Å². The number of benzene rings is 1. The molecule has 0 radical (unpaired) electrons. The van der Waals surface area contributed by atoms with Crippen molar-refractivity contribution < 1.29 is 9.13 Å². The van der Waals surface area contributed by atoms with E-state index in [0.29, 0.717) is 16.6 Å². The van der Waals surface area contributed by atoms with Gasteiger partial charge in [0, 0.05) is 11.3 Å². The summed E-state index contributed by atoms with van der Waals surface area (Å²) in [6.07, 6.45) is 1.72. The first kappa shape index (κ1) is 12.2. The molecule has 0 aliphatic carbocycles. The molecule has 17 heavy (non-hydrogen) atoms. The SMILES string of the molecule is COc1ccc(F)cc1CSc1cnc(N)s1. The van der Waals surface area contributed by atoms with Crippen LogP contribution in [0.4, 0.5) is 9.52 Å². The van der Waals surface area contributed by atoms with E-state index in [9.17, 15) is 4.39 Å². The van der Waals surface area contributed by atoms with Gasteiger partial charge in [0.25, 0.3) is 0 Å². The van der Waals surface area contributed by atoms with Gasteiger partial charge in [-0.2, -0.15) is 0 Å². The van der Waals surface area contributed by atoms with Crippen LogP contribution in [-0.4, -0.2) is 12.1 Å². The third kappa shape index (κ3) is 3.10. The van der Waals surface area contributed by atoms with Crippen molar-refractivity contribution >= 4 is 28.2 Å². The summed E-state index contributed by atoms with van der Waals surface area (Å²) in [7, 11) is 1.58. The molecule has 0 unspecified atom stereocenters. The number of anilines is 1. The largest absolute Gasteiger partial charge is 0.496 e. The number of rotatable bonds is 4. The summed E-state index contributed by atoms with van der Waals surface area (Å²) in [5, 5.41) is 0.540.